The lowest BCUT2D eigenvalue weighted by Gasteiger charge is -2.28. The third kappa shape index (κ3) is 3.95. The van der Waals surface area contributed by atoms with Crippen LogP contribution >= 0.6 is 0 Å². The number of hydrogen-bond donors (Lipinski definition) is 2. The number of anilines is 2. The normalized spacial score (nSPS) is 19.3. The van der Waals surface area contributed by atoms with E-state index in [4.69, 9.17) is 0 Å². The lowest BCUT2D eigenvalue weighted by Crippen LogP contribution is -2.44. The Bertz CT molecular complexity index is 1060. The number of amides is 2. The second-order valence-corrected chi connectivity index (χ2v) is 8.37. The fourth-order valence-electron chi connectivity index (χ4n) is 4.78. The minimum absolute atomic E-state index is 0.00832. The largest absolute Gasteiger partial charge is 0.370 e. The molecule has 1 aromatic carbocycles. The minimum atomic E-state index is 0.00832. The topological polar surface area (TPSA) is 77.8 Å². The van der Waals surface area contributed by atoms with Gasteiger partial charge in [-0.3, -0.25) is 4.40 Å². The number of imidazole rings is 1. The smallest absolute Gasteiger partial charge is 0.322 e. The van der Waals surface area contributed by atoms with Crippen molar-refractivity contribution in [2.24, 2.45) is 0 Å². The van der Waals surface area contributed by atoms with Crippen LogP contribution in [0.2, 0.25) is 0 Å². The van der Waals surface area contributed by atoms with Crippen molar-refractivity contribution < 1.29 is 4.79 Å². The van der Waals surface area contributed by atoms with Gasteiger partial charge in [-0.05, 0) is 50.9 Å². The van der Waals surface area contributed by atoms with Gasteiger partial charge in [0, 0.05) is 49.8 Å². The monoisotopic (exact) mass is 419 g/mol. The average molecular weight is 420 g/mol. The summed E-state index contributed by atoms with van der Waals surface area (Å²) in [5.74, 6) is 0.742. The first kappa shape index (κ1) is 19.8. The van der Waals surface area contributed by atoms with Crippen molar-refractivity contribution in [3.05, 3.63) is 42.9 Å². The summed E-state index contributed by atoms with van der Waals surface area (Å²) in [5, 5.41) is 6.16. The van der Waals surface area contributed by atoms with E-state index in [-0.39, 0.29) is 6.03 Å². The van der Waals surface area contributed by atoms with Crippen LogP contribution in [0, 0.1) is 0 Å². The first-order valence-corrected chi connectivity index (χ1v) is 11.1. The van der Waals surface area contributed by atoms with E-state index in [9.17, 15) is 4.79 Å². The van der Waals surface area contributed by atoms with Crippen LogP contribution in [0.15, 0.2) is 42.9 Å². The van der Waals surface area contributed by atoms with Gasteiger partial charge in [0.1, 0.15) is 0 Å². The molecule has 2 N–H and O–H groups in total. The van der Waals surface area contributed by atoms with Gasteiger partial charge < -0.3 is 20.4 Å². The Labute approximate surface area is 182 Å². The van der Waals surface area contributed by atoms with Crippen LogP contribution < -0.4 is 10.6 Å². The molecule has 0 radical (unpaired) electrons. The van der Waals surface area contributed by atoms with Crippen molar-refractivity contribution in [2.75, 3.05) is 43.9 Å². The molecule has 0 bridgehead atoms. The van der Waals surface area contributed by atoms with E-state index in [1.54, 1.807) is 6.20 Å². The summed E-state index contributed by atoms with van der Waals surface area (Å²) in [7, 11) is 1.84. The van der Waals surface area contributed by atoms with E-state index in [0.717, 1.165) is 54.3 Å². The van der Waals surface area contributed by atoms with Gasteiger partial charge in [-0.25, -0.2) is 14.8 Å². The maximum absolute atomic E-state index is 12.9. The van der Waals surface area contributed by atoms with Crippen molar-refractivity contribution in [2.45, 2.75) is 31.7 Å². The van der Waals surface area contributed by atoms with Crippen molar-refractivity contribution in [3.8, 4) is 11.3 Å². The molecular formula is C23H29N7O. The van der Waals surface area contributed by atoms with E-state index in [1.165, 1.54) is 25.9 Å². The highest BCUT2D eigenvalue weighted by molar-refractivity contribution is 5.90. The molecule has 162 valence electrons. The Balaban J connectivity index is 1.28. The van der Waals surface area contributed by atoms with Crippen molar-refractivity contribution in [3.63, 3.8) is 0 Å². The number of urea groups is 1. The molecule has 8 nitrogen and oxygen atoms in total. The van der Waals surface area contributed by atoms with Gasteiger partial charge in [-0.1, -0.05) is 12.1 Å². The van der Waals surface area contributed by atoms with Crippen molar-refractivity contribution in [1.82, 2.24) is 24.2 Å². The summed E-state index contributed by atoms with van der Waals surface area (Å²) in [6, 6.07) is 8.28. The molecule has 2 aromatic heterocycles. The lowest BCUT2D eigenvalue weighted by atomic mass is 10.1. The van der Waals surface area contributed by atoms with Gasteiger partial charge in [-0.15, -0.1) is 0 Å². The second kappa shape index (κ2) is 8.55. The second-order valence-electron chi connectivity index (χ2n) is 8.37. The quantitative estimate of drug-likeness (QED) is 0.662. The first-order chi connectivity index (χ1) is 15.2. The average Bonchev–Trinajstić information content (AvgIpc) is 3.55. The molecular weight excluding hydrogens is 390 g/mol. The van der Waals surface area contributed by atoms with Crippen LogP contribution in [0.3, 0.4) is 0 Å². The third-order valence-electron chi connectivity index (χ3n) is 6.40. The number of rotatable bonds is 5. The summed E-state index contributed by atoms with van der Waals surface area (Å²) >= 11 is 0. The van der Waals surface area contributed by atoms with Crippen LogP contribution in [0.5, 0.6) is 0 Å². The highest BCUT2D eigenvalue weighted by Gasteiger charge is 2.30. The molecule has 0 unspecified atom stereocenters. The number of hydrogen-bond acceptors (Lipinski definition) is 5. The highest BCUT2D eigenvalue weighted by atomic mass is 16.2. The molecule has 0 aliphatic carbocycles. The zero-order valence-corrected chi connectivity index (χ0v) is 17.9. The third-order valence-corrected chi connectivity index (χ3v) is 6.40. The van der Waals surface area contributed by atoms with Crippen LogP contribution in [0.1, 0.15) is 25.7 Å². The Morgan fingerprint density at radius 2 is 1.90 bits per heavy atom. The molecule has 4 heterocycles. The number of nitrogens with one attached hydrogen (secondary N) is 2. The molecule has 2 fully saturated rings. The predicted molar refractivity (Wildman–Crippen MR) is 122 cm³/mol. The molecule has 8 heteroatoms. The SMILES string of the molecule is CNc1nccn2c(-c3ccc(NC(=O)N4CCC[C@H]4CN4CCCC4)cc3)cnc12. The Morgan fingerprint density at radius 1 is 1.10 bits per heavy atom. The summed E-state index contributed by atoms with van der Waals surface area (Å²) < 4.78 is 2.01. The fourth-order valence-corrected chi connectivity index (χ4v) is 4.78. The van der Waals surface area contributed by atoms with Crippen LogP contribution in [0.4, 0.5) is 16.3 Å². The van der Waals surface area contributed by atoms with Gasteiger partial charge in [0.2, 0.25) is 0 Å². The Kier molecular flexibility index (Phi) is 5.46. The summed E-state index contributed by atoms with van der Waals surface area (Å²) in [4.78, 5) is 26.2. The zero-order valence-electron chi connectivity index (χ0n) is 17.9. The fraction of sp³-hybridized carbons (Fsp3) is 0.435. The summed E-state index contributed by atoms with van der Waals surface area (Å²) in [5.41, 5.74) is 3.62. The van der Waals surface area contributed by atoms with Crippen LogP contribution in [-0.4, -0.2) is 69.5 Å². The lowest BCUT2D eigenvalue weighted by molar-refractivity contribution is 0.186. The van der Waals surface area contributed by atoms with E-state index >= 15 is 0 Å². The maximum atomic E-state index is 12.9. The van der Waals surface area contributed by atoms with Gasteiger partial charge in [0.05, 0.1) is 11.9 Å². The van der Waals surface area contributed by atoms with Gasteiger partial charge in [0.15, 0.2) is 11.5 Å². The molecule has 2 aliphatic rings. The van der Waals surface area contributed by atoms with Gasteiger partial charge in [0.25, 0.3) is 0 Å². The van der Waals surface area contributed by atoms with Crippen molar-refractivity contribution in [1.29, 1.82) is 0 Å². The maximum Gasteiger partial charge on any atom is 0.322 e. The standard InChI is InChI=1S/C23H29N7O/c1-24-21-22-26-15-20(30(22)14-10-25-21)17-6-8-18(9-7-17)27-23(31)29-13-4-5-19(29)16-28-11-2-3-12-28/h6-10,14-15,19H,2-5,11-13,16H2,1H3,(H,24,25)(H,27,31)/t19-/m0/s1. The van der Waals surface area contributed by atoms with Gasteiger partial charge >= 0.3 is 6.03 Å². The predicted octanol–water partition coefficient (Wildman–Crippen LogP) is 3.53. The van der Waals surface area contributed by atoms with Crippen LogP contribution in [0.25, 0.3) is 16.9 Å². The molecule has 5 rings (SSSR count). The molecule has 2 saturated heterocycles. The molecule has 1 atom stereocenters. The van der Waals surface area contributed by atoms with E-state index in [2.05, 4.69) is 25.5 Å². The number of likely N-dealkylation sites (tertiary alicyclic amines) is 2. The first-order valence-electron chi connectivity index (χ1n) is 11.1. The number of nitrogens with zero attached hydrogens (tertiary/aromatic N) is 5. The highest BCUT2D eigenvalue weighted by Crippen LogP contribution is 2.26. The van der Waals surface area contributed by atoms with Gasteiger partial charge in [-0.2, -0.15) is 0 Å². The molecule has 2 amide bonds. The van der Waals surface area contributed by atoms with E-state index in [0.29, 0.717) is 6.04 Å². The number of aromatic nitrogens is 3. The number of carbonyl (C=O) groups excluding carboxylic acids is 1. The number of benzene rings is 1. The Morgan fingerprint density at radius 3 is 2.68 bits per heavy atom. The van der Waals surface area contributed by atoms with Crippen LogP contribution in [-0.2, 0) is 0 Å². The summed E-state index contributed by atoms with van der Waals surface area (Å²) in [6.07, 6.45) is 10.3. The molecule has 0 saturated carbocycles. The van der Waals surface area contributed by atoms with E-state index in [1.807, 2.05) is 53.0 Å². The molecule has 3 aromatic rings. The number of fused-ring (bicyclic) bond motifs is 1. The molecule has 0 spiro atoms. The zero-order chi connectivity index (χ0) is 21.2. The van der Waals surface area contributed by atoms with Crippen molar-refractivity contribution >= 4 is 23.2 Å². The molecule has 31 heavy (non-hydrogen) atoms. The number of carbonyl (C=O) groups is 1. The summed E-state index contributed by atoms with van der Waals surface area (Å²) in [6.45, 7) is 4.18. The Hall–Kier alpha value is -3.13. The van der Waals surface area contributed by atoms with E-state index < -0.39 is 0 Å². The molecule has 2 aliphatic heterocycles. The minimum Gasteiger partial charge on any atom is -0.370 e.